The van der Waals surface area contributed by atoms with E-state index in [-0.39, 0.29) is 5.69 Å². The molecular formula is C12H5N5O4. The van der Waals surface area contributed by atoms with Crippen LogP contribution in [0.2, 0.25) is 0 Å². The van der Waals surface area contributed by atoms with Crippen molar-refractivity contribution in [3.63, 3.8) is 0 Å². The van der Waals surface area contributed by atoms with Crippen LogP contribution < -0.4 is 5.32 Å². The molecule has 1 rings (SSSR count). The van der Waals surface area contributed by atoms with Gasteiger partial charge in [-0.3, -0.25) is 10.1 Å². The average Bonchev–Trinajstić information content (AvgIpc) is 2.46. The highest BCUT2D eigenvalue weighted by molar-refractivity contribution is 5.95. The third kappa shape index (κ3) is 3.11. The molecule has 0 aromatic heterocycles. The van der Waals surface area contributed by atoms with Crippen LogP contribution in [0, 0.1) is 44.1 Å². The predicted octanol–water partition coefficient (Wildman–Crippen LogP) is 1.53. The first kappa shape index (κ1) is 15.2. The molecule has 0 heterocycles. The summed E-state index contributed by atoms with van der Waals surface area (Å²) in [7, 11) is 0. The molecule has 1 aromatic carbocycles. The van der Waals surface area contributed by atoms with Crippen LogP contribution in [-0.2, 0) is 0 Å². The van der Waals surface area contributed by atoms with E-state index in [1.54, 1.807) is 0 Å². The Kier molecular flexibility index (Phi) is 4.56. The first-order chi connectivity index (χ1) is 9.96. The molecule has 102 valence electrons. The number of para-hydroxylation sites is 1. The van der Waals surface area contributed by atoms with Gasteiger partial charge in [0.25, 0.3) is 0 Å². The summed E-state index contributed by atoms with van der Waals surface area (Å²) >= 11 is 0. The van der Waals surface area contributed by atoms with Crippen LogP contribution in [-0.4, -0.2) is 16.0 Å². The summed E-state index contributed by atoms with van der Waals surface area (Å²) in [6.07, 6.45) is 0. The summed E-state index contributed by atoms with van der Waals surface area (Å²) in [6.45, 7) is 0. The molecule has 0 aliphatic carbocycles. The van der Waals surface area contributed by atoms with Crippen LogP contribution in [0.25, 0.3) is 0 Å². The Bertz CT molecular complexity index is 760. The van der Waals surface area contributed by atoms with Crippen LogP contribution >= 0.6 is 0 Å². The minimum atomic E-state index is -1.52. The molecule has 0 bridgehead atoms. The molecule has 21 heavy (non-hydrogen) atoms. The number of nitro groups is 1. The second-order valence-corrected chi connectivity index (χ2v) is 3.47. The van der Waals surface area contributed by atoms with Crippen molar-refractivity contribution in [2.24, 2.45) is 0 Å². The van der Waals surface area contributed by atoms with Gasteiger partial charge in [-0.15, -0.1) is 0 Å². The Morgan fingerprint density at radius 2 is 1.86 bits per heavy atom. The Hall–Kier alpha value is -3.90. The van der Waals surface area contributed by atoms with Crippen molar-refractivity contribution in [1.29, 1.82) is 15.8 Å². The van der Waals surface area contributed by atoms with Gasteiger partial charge >= 0.3 is 11.7 Å². The molecule has 0 aliphatic rings. The molecule has 0 saturated carbocycles. The molecule has 0 amide bonds. The SMILES string of the molecule is N#CC(C#N)=C(C#N)Nc1cccc(C(=O)O)c1[N+](=O)[O-]. The van der Waals surface area contributed by atoms with Gasteiger partial charge < -0.3 is 10.4 Å². The van der Waals surface area contributed by atoms with Crippen molar-refractivity contribution in [2.45, 2.75) is 0 Å². The van der Waals surface area contributed by atoms with E-state index in [9.17, 15) is 14.9 Å². The Morgan fingerprint density at radius 1 is 1.24 bits per heavy atom. The zero-order valence-corrected chi connectivity index (χ0v) is 10.2. The van der Waals surface area contributed by atoms with E-state index in [4.69, 9.17) is 20.9 Å². The molecule has 0 atom stereocenters. The quantitative estimate of drug-likeness (QED) is 0.477. The summed E-state index contributed by atoms with van der Waals surface area (Å²) in [5.74, 6) is -1.52. The molecule has 0 unspecified atom stereocenters. The number of rotatable bonds is 4. The fourth-order valence-corrected chi connectivity index (χ4v) is 1.43. The van der Waals surface area contributed by atoms with Gasteiger partial charge in [-0.1, -0.05) is 6.07 Å². The number of hydrogen-bond donors (Lipinski definition) is 2. The predicted molar refractivity (Wildman–Crippen MR) is 67.5 cm³/mol. The maximum atomic E-state index is 11.0. The number of benzene rings is 1. The highest BCUT2D eigenvalue weighted by Gasteiger charge is 2.25. The number of aromatic carboxylic acids is 1. The van der Waals surface area contributed by atoms with Gasteiger partial charge in [-0.25, -0.2) is 4.79 Å². The second-order valence-electron chi connectivity index (χ2n) is 3.47. The summed E-state index contributed by atoms with van der Waals surface area (Å²) in [4.78, 5) is 21.0. The number of allylic oxidation sites excluding steroid dienone is 2. The standard InChI is InChI=1S/C12H5N5O4/c13-4-7(5-14)10(6-15)16-9-3-1-2-8(12(18)19)11(9)17(20)21/h1-3,16H,(H,18,19). The maximum Gasteiger partial charge on any atom is 0.342 e. The van der Waals surface area contributed by atoms with Crippen molar-refractivity contribution in [3.05, 3.63) is 45.1 Å². The zero-order valence-electron chi connectivity index (χ0n) is 10.2. The molecule has 9 nitrogen and oxygen atoms in total. The van der Waals surface area contributed by atoms with Gasteiger partial charge in [0.15, 0.2) is 5.57 Å². The van der Waals surface area contributed by atoms with E-state index < -0.39 is 33.4 Å². The first-order valence-electron chi connectivity index (χ1n) is 5.18. The summed E-state index contributed by atoms with van der Waals surface area (Å²) in [5, 5.41) is 48.4. The molecule has 0 spiro atoms. The first-order valence-corrected chi connectivity index (χ1v) is 5.18. The molecule has 0 fully saturated rings. The summed E-state index contributed by atoms with van der Waals surface area (Å²) in [6, 6.07) is 7.85. The van der Waals surface area contributed by atoms with E-state index >= 15 is 0 Å². The van der Waals surface area contributed by atoms with Crippen LogP contribution in [0.5, 0.6) is 0 Å². The fourth-order valence-electron chi connectivity index (χ4n) is 1.43. The number of nitro benzene ring substituents is 1. The van der Waals surface area contributed by atoms with E-state index in [1.807, 2.05) is 0 Å². The maximum absolute atomic E-state index is 11.0. The smallest absolute Gasteiger partial charge is 0.342 e. The lowest BCUT2D eigenvalue weighted by Crippen LogP contribution is -2.08. The van der Waals surface area contributed by atoms with Crippen molar-refractivity contribution in [2.75, 3.05) is 5.32 Å². The largest absolute Gasteiger partial charge is 0.477 e. The zero-order chi connectivity index (χ0) is 16.0. The third-order valence-corrected chi connectivity index (χ3v) is 2.29. The second kappa shape index (κ2) is 6.32. The number of hydrogen-bond acceptors (Lipinski definition) is 7. The third-order valence-electron chi connectivity index (χ3n) is 2.29. The van der Waals surface area contributed by atoms with Gasteiger partial charge in [0.2, 0.25) is 0 Å². The molecule has 0 aliphatic heterocycles. The van der Waals surface area contributed by atoms with Crippen molar-refractivity contribution >= 4 is 17.3 Å². The lowest BCUT2D eigenvalue weighted by atomic mass is 10.1. The van der Waals surface area contributed by atoms with Crippen LogP contribution in [0.1, 0.15) is 10.4 Å². The number of carbonyl (C=O) groups is 1. The normalized spacial score (nSPS) is 8.62. The molecular weight excluding hydrogens is 278 g/mol. The number of nitrogens with zero attached hydrogens (tertiary/aromatic N) is 4. The van der Waals surface area contributed by atoms with Crippen molar-refractivity contribution in [3.8, 4) is 18.2 Å². The highest BCUT2D eigenvalue weighted by atomic mass is 16.6. The van der Waals surface area contributed by atoms with E-state index in [0.29, 0.717) is 0 Å². The van der Waals surface area contributed by atoms with Gasteiger partial charge in [-0.05, 0) is 12.1 Å². The molecule has 9 heteroatoms. The topological polar surface area (TPSA) is 164 Å². The van der Waals surface area contributed by atoms with Crippen LogP contribution in [0.15, 0.2) is 29.5 Å². The number of carboxylic acids is 1. The van der Waals surface area contributed by atoms with E-state index in [0.717, 1.165) is 12.1 Å². The van der Waals surface area contributed by atoms with Crippen molar-refractivity contribution in [1.82, 2.24) is 0 Å². The molecule has 2 N–H and O–H groups in total. The van der Waals surface area contributed by atoms with E-state index in [2.05, 4.69) is 5.32 Å². The Labute approximate surface area is 117 Å². The van der Waals surface area contributed by atoms with Gasteiger partial charge in [0, 0.05) is 0 Å². The van der Waals surface area contributed by atoms with Crippen LogP contribution in [0.4, 0.5) is 11.4 Å². The number of nitriles is 3. The Balaban J connectivity index is 3.51. The fraction of sp³-hybridized carbons (Fsp3) is 0. The van der Waals surface area contributed by atoms with Gasteiger partial charge in [0.05, 0.1) is 4.92 Å². The van der Waals surface area contributed by atoms with Crippen LogP contribution in [0.3, 0.4) is 0 Å². The number of anilines is 1. The average molecular weight is 283 g/mol. The molecule has 0 radical (unpaired) electrons. The summed E-state index contributed by atoms with van der Waals surface area (Å²) < 4.78 is 0. The summed E-state index contributed by atoms with van der Waals surface area (Å²) in [5.41, 5.74) is -2.75. The number of carboxylic acid groups (broad SMARTS) is 1. The monoisotopic (exact) mass is 283 g/mol. The molecule has 0 saturated heterocycles. The minimum absolute atomic E-state index is 0.306. The number of nitrogens with one attached hydrogen (secondary N) is 1. The van der Waals surface area contributed by atoms with Crippen molar-refractivity contribution < 1.29 is 14.8 Å². The highest BCUT2D eigenvalue weighted by Crippen LogP contribution is 2.30. The molecule has 1 aromatic rings. The van der Waals surface area contributed by atoms with E-state index in [1.165, 1.54) is 24.3 Å². The Morgan fingerprint density at radius 3 is 2.29 bits per heavy atom. The van der Waals surface area contributed by atoms with Gasteiger partial charge in [0.1, 0.15) is 35.2 Å². The van der Waals surface area contributed by atoms with Gasteiger partial charge in [-0.2, -0.15) is 15.8 Å². The lowest BCUT2D eigenvalue weighted by molar-refractivity contribution is -0.384. The lowest BCUT2D eigenvalue weighted by Gasteiger charge is -2.07. The minimum Gasteiger partial charge on any atom is -0.477 e.